The van der Waals surface area contributed by atoms with Gasteiger partial charge in [-0.2, -0.15) is 0 Å². The van der Waals surface area contributed by atoms with Gasteiger partial charge in [-0.1, -0.05) is 103 Å². The number of benzene rings is 1. The Morgan fingerprint density at radius 2 is 0.875 bits per heavy atom. The summed E-state index contributed by atoms with van der Waals surface area (Å²) in [4.78, 5) is 23.7. The normalized spacial score (nSPS) is 10.8. The Hall–Kier alpha value is -1.84. The number of esters is 2. The molecular weight excluding hydrogens is 400 g/mol. The highest BCUT2D eigenvalue weighted by atomic mass is 16.5. The molecule has 0 atom stereocenters. The zero-order chi connectivity index (χ0) is 23.3. The van der Waals surface area contributed by atoms with Crippen molar-refractivity contribution >= 4 is 11.9 Å². The molecule has 0 aromatic heterocycles. The largest absolute Gasteiger partial charge is 0.462 e. The number of hydrogen-bond donors (Lipinski definition) is 0. The lowest BCUT2D eigenvalue weighted by molar-refractivity contribution is 0.0491. The third-order valence-electron chi connectivity index (χ3n) is 5.86. The molecule has 0 saturated carbocycles. The molecule has 0 aliphatic carbocycles. The number of ether oxygens (including phenoxy) is 2. The number of carbonyl (C=O) groups excluding carboxylic acids is 2. The van der Waals surface area contributed by atoms with Crippen LogP contribution in [0.3, 0.4) is 0 Å². The first-order valence-corrected chi connectivity index (χ1v) is 13.1. The molecule has 0 N–H and O–H groups in total. The van der Waals surface area contributed by atoms with Crippen LogP contribution < -0.4 is 0 Å². The minimum absolute atomic E-state index is 0.332. The van der Waals surface area contributed by atoms with Crippen molar-refractivity contribution in [1.29, 1.82) is 0 Å². The summed E-state index contributed by atoms with van der Waals surface area (Å²) in [6, 6.07) is 6.43. The van der Waals surface area contributed by atoms with Gasteiger partial charge in [-0.3, -0.25) is 0 Å². The fourth-order valence-electron chi connectivity index (χ4n) is 3.86. The first kappa shape index (κ1) is 28.2. The van der Waals surface area contributed by atoms with E-state index in [0.717, 1.165) is 12.8 Å². The van der Waals surface area contributed by atoms with Gasteiger partial charge in [0.1, 0.15) is 0 Å². The van der Waals surface area contributed by atoms with Crippen molar-refractivity contribution in [3.05, 3.63) is 35.4 Å². The van der Waals surface area contributed by atoms with Crippen LogP contribution in [0.15, 0.2) is 24.3 Å². The quantitative estimate of drug-likeness (QED) is 0.149. The van der Waals surface area contributed by atoms with Crippen molar-refractivity contribution < 1.29 is 19.1 Å². The van der Waals surface area contributed by atoms with Crippen LogP contribution in [-0.2, 0) is 9.47 Å². The Bertz CT molecular complexity index is 594. The SMILES string of the molecule is CCCCCCCCCCCCCCCCCCOC(=O)c1ccc(C(=O)OCC)cc1. The summed E-state index contributed by atoms with van der Waals surface area (Å²) in [6.07, 6.45) is 21.2. The van der Waals surface area contributed by atoms with Crippen LogP contribution in [0, 0.1) is 0 Å². The van der Waals surface area contributed by atoms with Gasteiger partial charge in [0.05, 0.1) is 24.3 Å². The van der Waals surface area contributed by atoms with Gasteiger partial charge < -0.3 is 9.47 Å². The predicted octanol–water partition coefficient (Wildman–Crippen LogP) is 8.28. The maximum atomic E-state index is 12.1. The summed E-state index contributed by atoms with van der Waals surface area (Å²) < 4.78 is 10.3. The smallest absolute Gasteiger partial charge is 0.338 e. The Kier molecular flexibility index (Phi) is 17.5. The molecule has 0 aliphatic heterocycles. The summed E-state index contributed by atoms with van der Waals surface area (Å²) in [5, 5.41) is 0. The molecular formula is C28H46O4. The fourth-order valence-corrected chi connectivity index (χ4v) is 3.86. The van der Waals surface area contributed by atoms with Crippen LogP contribution in [0.25, 0.3) is 0 Å². The average Bonchev–Trinajstić information content (AvgIpc) is 2.81. The van der Waals surface area contributed by atoms with Gasteiger partial charge in [-0.15, -0.1) is 0 Å². The van der Waals surface area contributed by atoms with Crippen LogP contribution in [0.2, 0.25) is 0 Å². The Morgan fingerprint density at radius 1 is 0.531 bits per heavy atom. The molecule has 1 rings (SSSR count). The lowest BCUT2D eigenvalue weighted by atomic mass is 10.0. The summed E-state index contributed by atoms with van der Waals surface area (Å²) in [5.41, 5.74) is 0.913. The Labute approximate surface area is 196 Å². The molecule has 0 saturated heterocycles. The number of unbranched alkanes of at least 4 members (excludes halogenated alkanes) is 15. The topological polar surface area (TPSA) is 52.6 Å². The van der Waals surface area contributed by atoms with E-state index in [-0.39, 0.29) is 11.9 Å². The molecule has 4 nitrogen and oxygen atoms in total. The second-order valence-electron chi connectivity index (χ2n) is 8.74. The molecule has 0 amide bonds. The molecule has 0 spiro atoms. The van der Waals surface area contributed by atoms with E-state index in [2.05, 4.69) is 6.92 Å². The van der Waals surface area contributed by atoms with E-state index in [1.165, 1.54) is 89.9 Å². The van der Waals surface area contributed by atoms with Crippen LogP contribution in [0.4, 0.5) is 0 Å². The minimum atomic E-state index is -0.374. The molecule has 0 fully saturated rings. The monoisotopic (exact) mass is 446 g/mol. The maximum Gasteiger partial charge on any atom is 0.338 e. The summed E-state index contributed by atoms with van der Waals surface area (Å²) in [7, 11) is 0. The highest BCUT2D eigenvalue weighted by Gasteiger charge is 2.10. The Morgan fingerprint density at radius 3 is 1.25 bits per heavy atom. The molecule has 182 valence electrons. The zero-order valence-corrected chi connectivity index (χ0v) is 20.7. The highest BCUT2D eigenvalue weighted by molar-refractivity contribution is 5.93. The van der Waals surface area contributed by atoms with Gasteiger partial charge >= 0.3 is 11.9 Å². The van der Waals surface area contributed by atoms with Gasteiger partial charge in [-0.05, 0) is 37.6 Å². The lowest BCUT2D eigenvalue weighted by Gasteiger charge is -2.06. The molecule has 32 heavy (non-hydrogen) atoms. The van der Waals surface area contributed by atoms with Gasteiger partial charge in [0.15, 0.2) is 0 Å². The summed E-state index contributed by atoms with van der Waals surface area (Å²) in [5.74, 6) is -0.707. The first-order chi connectivity index (χ1) is 15.7. The van der Waals surface area contributed by atoms with Crippen molar-refractivity contribution in [3.63, 3.8) is 0 Å². The third kappa shape index (κ3) is 14.3. The lowest BCUT2D eigenvalue weighted by Crippen LogP contribution is -2.08. The van der Waals surface area contributed by atoms with Gasteiger partial charge in [0.2, 0.25) is 0 Å². The minimum Gasteiger partial charge on any atom is -0.462 e. The molecule has 1 aromatic carbocycles. The third-order valence-corrected chi connectivity index (χ3v) is 5.86. The standard InChI is InChI=1S/C28H46O4/c1-3-5-6-7-8-9-10-11-12-13-14-15-16-17-18-19-24-32-28(30)26-22-20-25(21-23-26)27(29)31-4-2/h20-23H,3-19,24H2,1-2H3. The molecule has 0 unspecified atom stereocenters. The second-order valence-corrected chi connectivity index (χ2v) is 8.74. The van der Waals surface area contributed by atoms with Crippen molar-refractivity contribution in [2.45, 2.75) is 117 Å². The van der Waals surface area contributed by atoms with Crippen LogP contribution in [0.5, 0.6) is 0 Å². The van der Waals surface area contributed by atoms with E-state index < -0.39 is 0 Å². The molecule has 0 heterocycles. The van der Waals surface area contributed by atoms with E-state index in [1.807, 2.05) is 0 Å². The van der Waals surface area contributed by atoms with Crippen LogP contribution >= 0.6 is 0 Å². The number of hydrogen-bond acceptors (Lipinski definition) is 4. The summed E-state index contributed by atoms with van der Waals surface area (Å²) in [6.45, 7) is 4.83. The van der Waals surface area contributed by atoms with Crippen LogP contribution in [0.1, 0.15) is 137 Å². The maximum absolute atomic E-state index is 12.1. The van der Waals surface area contributed by atoms with Crippen molar-refractivity contribution in [2.75, 3.05) is 13.2 Å². The van der Waals surface area contributed by atoms with Crippen molar-refractivity contribution in [3.8, 4) is 0 Å². The Balaban J connectivity index is 1.90. The zero-order valence-electron chi connectivity index (χ0n) is 20.7. The van der Waals surface area contributed by atoms with E-state index in [4.69, 9.17) is 9.47 Å². The number of rotatable bonds is 20. The molecule has 0 bridgehead atoms. The second kappa shape index (κ2) is 19.8. The molecule has 0 radical (unpaired) electrons. The van der Waals surface area contributed by atoms with Crippen molar-refractivity contribution in [2.24, 2.45) is 0 Å². The predicted molar refractivity (Wildman–Crippen MR) is 132 cm³/mol. The van der Waals surface area contributed by atoms with Gasteiger partial charge in [0.25, 0.3) is 0 Å². The van der Waals surface area contributed by atoms with E-state index in [9.17, 15) is 9.59 Å². The van der Waals surface area contributed by atoms with Crippen molar-refractivity contribution in [1.82, 2.24) is 0 Å². The van der Waals surface area contributed by atoms with Gasteiger partial charge in [0, 0.05) is 0 Å². The van der Waals surface area contributed by atoms with E-state index in [0.29, 0.717) is 24.3 Å². The van der Waals surface area contributed by atoms with Crippen LogP contribution in [-0.4, -0.2) is 25.2 Å². The van der Waals surface area contributed by atoms with E-state index in [1.54, 1.807) is 31.2 Å². The average molecular weight is 447 g/mol. The first-order valence-electron chi connectivity index (χ1n) is 13.1. The number of carbonyl (C=O) groups is 2. The molecule has 4 heteroatoms. The molecule has 1 aromatic rings. The fraction of sp³-hybridized carbons (Fsp3) is 0.714. The summed E-state index contributed by atoms with van der Waals surface area (Å²) >= 11 is 0. The van der Waals surface area contributed by atoms with Gasteiger partial charge in [-0.25, -0.2) is 9.59 Å². The molecule has 0 aliphatic rings. The van der Waals surface area contributed by atoms with E-state index >= 15 is 0 Å². The highest BCUT2D eigenvalue weighted by Crippen LogP contribution is 2.14.